The maximum atomic E-state index is 8.14. The molecule has 0 spiro atoms. The van der Waals surface area contributed by atoms with Gasteiger partial charge in [-0.2, -0.15) is 5.10 Å². The van der Waals surface area contributed by atoms with E-state index in [2.05, 4.69) is 25.1 Å². The molecule has 7 heteroatoms. The van der Waals surface area contributed by atoms with Gasteiger partial charge in [-0.25, -0.2) is 0 Å². The summed E-state index contributed by atoms with van der Waals surface area (Å²) < 4.78 is 1.71. The Kier molecular flexibility index (Phi) is 3.10. The summed E-state index contributed by atoms with van der Waals surface area (Å²) >= 11 is 0. The Balaban J connectivity index is 2.11. The molecule has 16 heavy (non-hydrogen) atoms. The molecule has 0 aliphatic rings. The zero-order valence-electron chi connectivity index (χ0n) is 8.43. The van der Waals surface area contributed by atoms with E-state index in [0.717, 1.165) is 11.3 Å². The summed E-state index contributed by atoms with van der Waals surface area (Å²) in [4.78, 5) is 10.8. The van der Waals surface area contributed by atoms with Crippen LogP contribution in [0.1, 0.15) is 0 Å². The van der Waals surface area contributed by atoms with Crippen LogP contribution in [0.5, 0.6) is 0 Å². The van der Waals surface area contributed by atoms with Crippen LogP contribution >= 0.6 is 0 Å². The second-order valence-corrected chi connectivity index (χ2v) is 3.04. The quantitative estimate of drug-likeness (QED) is 0.441. The topological polar surface area (TPSA) is 92.4 Å². The first-order chi connectivity index (χ1) is 7.90. The minimum absolute atomic E-state index is 0.387. The number of hydrogen-bond donors (Lipinski definition) is 0. The fourth-order valence-corrected chi connectivity index (χ4v) is 1.26. The van der Waals surface area contributed by atoms with Gasteiger partial charge in [0.1, 0.15) is 0 Å². The molecule has 0 aliphatic carbocycles. The highest BCUT2D eigenvalue weighted by molar-refractivity contribution is 5.55. The Morgan fingerprint density at radius 2 is 2.31 bits per heavy atom. The fourth-order valence-electron chi connectivity index (χ4n) is 1.26. The van der Waals surface area contributed by atoms with Gasteiger partial charge in [0.25, 0.3) is 0 Å². The molecule has 0 unspecified atom stereocenters. The van der Waals surface area contributed by atoms with Gasteiger partial charge in [0, 0.05) is 42.2 Å². The van der Waals surface area contributed by atoms with Gasteiger partial charge in [0.05, 0.1) is 18.1 Å². The molecule has 0 aliphatic heterocycles. The van der Waals surface area contributed by atoms with Crippen molar-refractivity contribution in [2.45, 2.75) is 6.54 Å². The third-order valence-corrected chi connectivity index (χ3v) is 1.98. The average molecular weight is 215 g/mol. The van der Waals surface area contributed by atoms with Crippen molar-refractivity contribution in [2.24, 2.45) is 5.11 Å². The SMILES string of the molecule is [N-]=[N+]=NCCn1cc(-c2cnccn2)cn1. The van der Waals surface area contributed by atoms with Gasteiger partial charge in [0.15, 0.2) is 0 Å². The first-order valence-electron chi connectivity index (χ1n) is 4.70. The molecule has 2 heterocycles. The first-order valence-corrected chi connectivity index (χ1v) is 4.70. The largest absolute Gasteiger partial charge is 0.272 e. The van der Waals surface area contributed by atoms with Crippen molar-refractivity contribution in [3.8, 4) is 11.3 Å². The molecule has 7 nitrogen and oxygen atoms in total. The van der Waals surface area contributed by atoms with Crippen LogP contribution in [-0.2, 0) is 6.54 Å². The van der Waals surface area contributed by atoms with Crippen molar-refractivity contribution in [3.63, 3.8) is 0 Å². The Labute approximate surface area is 91.4 Å². The molecule has 0 amide bonds. The van der Waals surface area contributed by atoms with E-state index in [-0.39, 0.29) is 0 Å². The van der Waals surface area contributed by atoms with E-state index in [4.69, 9.17) is 5.53 Å². The lowest BCUT2D eigenvalue weighted by atomic mass is 10.3. The van der Waals surface area contributed by atoms with Gasteiger partial charge in [-0.15, -0.1) is 0 Å². The van der Waals surface area contributed by atoms with Gasteiger partial charge in [-0.3, -0.25) is 14.6 Å². The third-order valence-electron chi connectivity index (χ3n) is 1.98. The smallest absolute Gasteiger partial charge is 0.0916 e. The minimum Gasteiger partial charge on any atom is -0.272 e. The summed E-state index contributed by atoms with van der Waals surface area (Å²) in [7, 11) is 0. The number of hydrogen-bond acceptors (Lipinski definition) is 4. The van der Waals surface area contributed by atoms with Crippen molar-refractivity contribution in [1.82, 2.24) is 19.7 Å². The number of nitrogens with zero attached hydrogens (tertiary/aromatic N) is 7. The van der Waals surface area contributed by atoms with E-state index in [0.29, 0.717) is 13.1 Å². The highest BCUT2D eigenvalue weighted by Crippen LogP contribution is 2.13. The summed E-state index contributed by atoms with van der Waals surface area (Å²) in [5.74, 6) is 0. The maximum absolute atomic E-state index is 8.14. The van der Waals surface area contributed by atoms with Crippen LogP contribution in [0.2, 0.25) is 0 Å². The number of aromatic nitrogens is 4. The summed E-state index contributed by atoms with van der Waals surface area (Å²) in [6.07, 6.45) is 8.48. The average Bonchev–Trinajstić information content (AvgIpc) is 2.79. The van der Waals surface area contributed by atoms with Gasteiger partial charge in [-0.05, 0) is 5.53 Å². The van der Waals surface area contributed by atoms with Crippen LogP contribution in [0, 0.1) is 0 Å². The molecule has 80 valence electrons. The molecular formula is C9H9N7. The Morgan fingerprint density at radius 1 is 1.38 bits per heavy atom. The van der Waals surface area contributed by atoms with Crippen LogP contribution in [0.3, 0.4) is 0 Å². The fraction of sp³-hybridized carbons (Fsp3) is 0.222. The monoisotopic (exact) mass is 215 g/mol. The zero-order chi connectivity index (χ0) is 11.2. The first kappa shape index (κ1) is 10.1. The Hall–Kier alpha value is -2.40. The van der Waals surface area contributed by atoms with Crippen molar-refractivity contribution in [3.05, 3.63) is 41.4 Å². The standard InChI is InChI=1S/C9H9N7/c10-15-13-3-4-16-7-8(5-14-16)9-6-11-1-2-12-9/h1-2,5-7H,3-4H2. The number of rotatable bonds is 4. The molecule has 0 saturated heterocycles. The van der Waals surface area contributed by atoms with Gasteiger partial charge in [-0.1, -0.05) is 5.11 Å². The van der Waals surface area contributed by atoms with Crippen molar-refractivity contribution >= 4 is 0 Å². The van der Waals surface area contributed by atoms with Gasteiger partial charge < -0.3 is 0 Å². The van der Waals surface area contributed by atoms with E-state index >= 15 is 0 Å². The molecule has 0 aromatic carbocycles. The second-order valence-electron chi connectivity index (χ2n) is 3.04. The van der Waals surface area contributed by atoms with E-state index < -0.39 is 0 Å². The van der Waals surface area contributed by atoms with Crippen LogP contribution in [-0.4, -0.2) is 26.3 Å². The summed E-state index contributed by atoms with van der Waals surface area (Å²) in [6.45, 7) is 0.947. The van der Waals surface area contributed by atoms with Crippen molar-refractivity contribution in [1.29, 1.82) is 0 Å². The highest BCUT2D eigenvalue weighted by Gasteiger charge is 2.01. The minimum atomic E-state index is 0.387. The van der Waals surface area contributed by atoms with Crippen LogP contribution < -0.4 is 0 Å². The summed E-state index contributed by atoms with van der Waals surface area (Å²) in [5.41, 5.74) is 9.81. The summed E-state index contributed by atoms with van der Waals surface area (Å²) in [5, 5.41) is 7.57. The van der Waals surface area contributed by atoms with E-state index in [1.54, 1.807) is 29.5 Å². The Bertz CT molecular complexity index is 498. The Morgan fingerprint density at radius 3 is 3.06 bits per heavy atom. The molecule has 2 aromatic heterocycles. The highest BCUT2D eigenvalue weighted by atomic mass is 15.3. The number of azide groups is 1. The van der Waals surface area contributed by atoms with Crippen molar-refractivity contribution in [2.75, 3.05) is 6.54 Å². The van der Waals surface area contributed by atoms with Crippen LogP contribution in [0.4, 0.5) is 0 Å². The lowest BCUT2D eigenvalue weighted by Gasteiger charge is -1.95. The van der Waals surface area contributed by atoms with Crippen LogP contribution in [0.25, 0.3) is 21.7 Å². The summed E-state index contributed by atoms with van der Waals surface area (Å²) in [6, 6.07) is 0. The second kappa shape index (κ2) is 4.90. The molecule has 0 radical (unpaired) electrons. The zero-order valence-corrected chi connectivity index (χ0v) is 8.43. The van der Waals surface area contributed by atoms with Crippen LogP contribution in [0.15, 0.2) is 36.1 Å². The molecule has 2 rings (SSSR count). The molecule has 0 saturated carbocycles. The molecule has 0 fully saturated rings. The van der Waals surface area contributed by atoms with Gasteiger partial charge >= 0.3 is 0 Å². The van der Waals surface area contributed by atoms with E-state index in [1.165, 1.54) is 0 Å². The molecular weight excluding hydrogens is 206 g/mol. The predicted octanol–water partition coefficient (Wildman–Crippen LogP) is 1.65. The normalized spacial score (nSPS) is 9.75. The van der Waals surface area contributed by atoms with Gasteiger partial charge in [0.2, 0.25) is 0 Å². The lowest BCUT2D eigenvalue weighted by molar-refractivity contribution is 0.624. The molecule has 0 atom stereocenters. The van der Waals surface area contributed by atoms with E-state index in [9.17, 15) is 0 Å². The van der Waals surface area contributed by atoms with E-state index in [1.807, 2.05) is 6.20 Å². The predicted molar refractivity (Wildman–Crippen MR) is 57.3 cm³/mol. The molecule has 2 aromatic rings. The molecule has 0 bridgehead atoms. The lowest BCUT2D eigenvalue weighted by Crippen LogP contribution is -2.00. The maximum Gasteiger partial charge on any atom is 0.0916 e. The van der Waals surface area contributed by atoms with Crippen molar-refractivity contribution < 1.29 is 0 Å². The molecule has 0 N–H and O–H groups in total. The third kappa shape index (κ3) is 2.34.